The second-order valence-corrected chi connectivity index (χ2v) is 4.50. The van der Waals surface area contributed by atoms with Crippen LogP contribution in [0.4, 0.5) is 5.82 Å². The van der Waals surface area contributed by atoms with Gasteiger partial charge in [-0.05, 0) is 32.9 Å². The highest BCUT2D eigenvalue weighted by molar-refractivity contribution is 5.84. The highest BCUT2D eigenvalue weighted by Gasteiger charge is 2.16. The molecule has 0 aliphatic rings. The van der Waals surface area contributed by atoms with E-state index in [1.165, 1.54) is 0 Å². The summed E-state index contributed by atoms with van der Waals surface area (Å²) >= 11 is 0. The molecule has 1 heterocycles. The van der Waals surface area contributed by atoms with E-state index in [2.05, 4.69) is 10.3 Å². The van der Waals surface area contributed by atoms with Gasteiger partial charge >= 0.3 is 5.97 Å². The minimum Gasteiger partial charge on any atom is -0.459 e. The molecule has 0 aromatic carbocycles. The van der Waals surface area contributed by atoms with Crippen LogP contribution in [0.15, 0.2) is 18.3 Å². The van der Waals surface area contributed by atoms with Crippen LogP contribution in [0.5, 0.6) is 0 Å². The molecule has 0 saturated heterocycles. The summed E-state index contributed by atoms with van der Waals surface area (Å²) in [5, 5.41) is 2.77. The molecular formula is C12H16N2O3. The van der Waals surface area contributed by atoms with Gasteiger partial charge in [-0.3, -0.25) is 9.59 Å². The Bertz CT molecular complexity index is 410. The monoisotopic (exact) mass is 236 g/mol. The molecule has 5 heteroatoms. The van der Waals surface area contributed by atoms with E-state index in [4.69, 9.17) is 4.74 Å². The number of pyridine rings is 1. The van der Waals surface area contributed by atoms with E-state index in [0.717, 1.165) is 0 Å². The van der Waals surface area contributed by atoms with Crippen LogP contribution in [-0.4, -0.2) is 29.4 Å². The van der Waals surface area contributed by atoms with Crippen LogP contribution >= 0.6 is 0 Å². The van der Waals surface area contributed by atoms with E-state index in [0.29, 0.717) is 17.7 Å². The van der Waals surface area contributed by atoms with Crippen molar-refractivity contribution in [2.75, 3.05) is 11.9 Å². The van der Waals surface area contributed by atoms with Crippen LogP contribution in [0.25, 0.3) is 0 Å². The number of hydrogen-bond donors (Lipinski definition) is 1. The predicted molar refractivity (Wildman–Crippen MR) is 64.0 cm³/mol. The number of ether oxygens (including phenoxy) is 1. The van der Waals surface area contributed by atoms with Crippen LogP contribution in [0.3, 0.4) is 0 Å². The number of aldehydes is 1. The van der Waals surface area contributed by atoms with Gasteiger partial charge in [0.05, 0.1) is 5.56 Å². The van der Waals surface area contributed by atoms with Crippen molar-refractivity contribution in [2.45, 2.75) is 26.4 Å². The molecule has 0 unspecified atom stereocenters. The van der Waals surface area contributed by atoms with E-state index in [9.17, 15) is 9.59 Å². The number of aromatic nitrogens is 1. The highest BCUT2D eigenvalue weighted by Crippen LogP contribution is 2.10. The molecule has 17 heavy (non-hydrogen) atoms. The van der Waals surface area contributed by atoms with Gasteiger partial charge in [-0.2, -0.15) is 0 Å². The Morgan fingerprint density at radius 2 is 2.24 bits per heavy atom. The molecular weight excluding hydrogens is 220 g/mol. The molecule has 0 radical (unpaired) electrons. The average molecular weight is 236 g/mol. The maximum Gasteiger partial charge on any atom is 0.325 e. The van der Waals surface area contributed by atoms with Crippen molar-refractivity contribution in [2.24, 2.45) is 0 Å². The fraction of sp³-hybridized carbons (Fsp3) is 0.417. The van der Waals surface area contributed by atoms with Crippen molar-refractivity contribution in [3.8, 4) is 0 Å². The summed E-state index contributed by atoms with van der Waals surface area (Å²) in [6.45, 7) is 5.36. The van der Waals surface area contributed by atoms with Crippen molar-refractivity contribution in [1.82, 2.24) is 4.98 Å². The number of nitrogens with zero attached hydrogens (tertiary/aromatic N) is 1. The fourth-order valence-electron chi connectivity index (χ4n) is 1.19. The van der Waals surface area contributed by atoms with Crippen molar-refractivity contribution in [3.63, 3.8) is 0 Å². The second-order valence-electron chi connectivity index (χ2n) is 4.50. The molecule has 1 aromatic rings. The van der Waals surface area contributed by atoms with Crippen LogP contribution in [0.2, 0.25) is 0 Å². The molecule has 0 aliphatic carbocycles. The number of carbonyl (C=O) groups excluding carboxylic acids is 2. The fourth-order valence-corrected chi connectivity index (χ4v) is 1.19. The lowest BCUT2D eigenvalue weighted by Gasteiger charge is -2.19. The molecule has 92 valence electrons. The van der Waals surface area contributed by atoms with E-state index >= 15 is 0 Å². The number of rotatable bonds is 4. The summed E-state index contributed by atoms with van der Waals surface area (Å²) in [5.41, 5.74) is -0.104. The molecule has 0 saturated carbocycles. The zero-order valence-electron chi connectivity index (χ0n) is 10.2. The standard InChI is InChI=1S/C12H16N2O3/c1-12(2,3)17-10(16)7-14-11-9(8-15)5-4-6-13-11/h4-6,8H,7H2,1-3H3,(H,13,14). The first kappa shape index (κ1) is 13.2. The van der Waals surface area contributed by atoms with Crippen molar-refractivity contribution < 1.29 is 14.3 Å². The lowest BCUT2D eigenvalue weighted by molar-refractivity contribution is -0.152. The average Bonchev–Trinajstić information content (AvgIpc) is 2.24. The van der Waals surface area contributed by atoms with Gasteiger partial charge in [-0.15, -0.1) is 0 Å². The first-order chi connectivity index (χ1) is 7.92. The van der Waals surface area contributed by atoms with E-state index in [1.54, 1.807) is 39.1 Å². The van der Waals surface area contributed by atoms with Gasteiger partial charge in [0, 0.05) is 6.20 Å². The Hall–Kier alpha value is -1.91. The largest absolute Gasteiger partial charge is 0.459 e. The maximum atomic E-state index is 11.4. The third-order valence-corrected chi connectivity index (χ3v) is 1.79. The Morgan fingerprint density at radius 1 is 1.53 bits per heavy atom. The SMILES string of the molecule is CC(C)(C)OC(=O)CNc1ncccc1C=O. The number of esters is 1. The molecule has 0 atom stereocenters. The normalized spacial score (nSPS) is 10.8. The summed E-state index contributed by atoms with van der Waals surface area (Å²) in [4.78, 5) is 26.1. The number of anilines is 1. The van der Waals surface area contributed by atoms with Crippen molar-refractivity contribution in [3.05, 3.63) is 23.9 Å². The molecule has 0 spiro atoms. The Labute approximate surface area is 100 Å². The topological polar surface area (TPSA) is 68.3 Å². The van der Waals surface area contributed by atoms with Gasteiger partial charge in [0.15, 0.2) is 6.29 Å². The predicted octanol–water partition coefficient (Wildman–Crippen LogP) is 1.65. The summed E-state index contributed by atoms with van der Waals surface area (Å²) in [6.07, 6.45) is 2.23. The maximum absolute atomic E-state index is 11.4. The Morgan fingerprint density at radius 3 is 2.82 bits per heavy atom. The lowest BCUT2D eigenvalue weighted by Crippen LogP contribution is -2.28. The minimum atomic E-state index is -0.517. The molecule has 0 fully saturated rings. The van der Waals surface area contributed by atoms with Gasteiger partial charge in [-0.25, -0.2) is 4.98 Å². The molecule has 1 rings (SSSR count). The van der Waals surface area contributed by atoms with E-state index < -0.39 is 5.60 Å². The Kier molecular flexibility index (Phi) is 4.20. The minimum absolute atomic E-state index is 0.0187. The quantitative estimate of drug-likeness (QED) is 0.636. The zero-order chi connectivity index (χ0) is 12.9. The molecule has 0 bridgehead atoms. The summed E-state index contributed by atoms with van der Waals surface area (Å²) in [6, 6.07) is 3.28. The third-order valence-electron chi connectivity index (χ3n) is 1.79. The van der Waals surface area contributed by atoms with E-state index in [-0.39, 0.29) is 12.5 Å². The Balaban J connectivity index is 2.56. The highest BCUT2D eigenvalue weighted by atomic mass is 16.6. The first-order valence-corrected chi connectivity index (χ1v) is 5.28. The summed E-state index contributed by atoms with van der Waals surface area (Å²) < 4.78 is 5.12. The molecule has 0 aliphatic heterocycles. The second kappa shape index (κ2) is 5.43. The van der Waals surface area contributed by atoms with Gasteiger partial charge in [-0.1, -0.05) is 0 Å². The van der Waals surface area contributed by atoms with Crippen LogP contribution in [0, 0.1) is 0 Å². The van der Waals surface area contributed by atoms with Crippen molar-refractivity contribution >= 4 is 18.1 Å². The number of hydrogen-bond acceptors (Lipinski definition) is 5. The number of carbonyl (C=O) groups is 2. The number of nitrogens with one attached hydrogen (secondary N) is 1. The first-order valence-electron chi connectivity index (χ1n) is 5.28. The summed E-state index contributed by atoms with van der Waals surface area (Å²) in [5.74, 6) is -0.00615. The van der Waals surface area contributed by atoms with Crippen molar-refractivity contribution in [1.29, 1.82) is 0 Å². The molecule has 0 amide bonds. The van der Waals surface area contributed by atoms with Gasteiger partial charge < -0.3 is 10.1 Å². The van der Waals surface area contributed by atoms with Crippen LogP contribution in [-0.2, 0) is 9.53 Å². The molecule has 5 nitrogen and oxygen atoms in total. The smallest absolute Gasteiger partial charge is 0.325 e. The molecule has 1 aromatic heterocycles. The third kappa shape index (κ3) is 4.63. The van der Waals surface area contributed by atoms with Crippen LogP contribution < -0.4 is 5.32 Å². The molecule has 1 N–H and O–H groups in total. The van der Waals surface area contributed by atoms with Gasteiger partial charge in [0.25, 0.3) is 0 Å². The zero-order valence-corrected chi connectivity index (χ0v) is 10.2. The summed E-state index contributed by atoms with van der Waals surface area (Å²) in [7, 11) is 0. The van der Waals surface area contributed by atoms with Gasteiger partial charge in [0.2, 0.25) is 0 Å². The van der Waals surface area contributed by atoms with E-state index in [1.807, 2.05) is 0 Å². The van der Waals surface area contributed by atoms with Gasteiger partial charge in [0.1, 0.15) is 18.0 Å². The van der Waals surface area contributed by atoms with Crippen LogP contribution in [0.1, 0.15) is 31.1 Å². The lowest BCUT2D eigenvalue weighted by atomic mass is 10.2.